The SMILES string of the molecule is Cn1cc(-c2cc(NS(C)(=O)=O)ccc2Oc2ccc(F)cc2F)n2cncc2c1=O. The summed E-state index contributed by atoms with van der Waals surface area (Å²) < 4.78 is 61.7. The Morgan fingerprint density at radius 2 is 1.84 bits per heavy atom. The molecule has 11 heteroatoms. The minimum atomic E-state index is -3.57. The average Bonchev–Trinajstić information content (AvgIpc) is 3.17. The molecule has 0 aliphatic heterocycles. The molecule has 4 rings (SSSR count). The van der Waals surface area contributed by atoms with Crippen LogP contribution in [0.3, 0.4) is 0 Å². The van der Waals surface area contributed by atoms with Crippen LogP contribution in [0.4, 0.5) is 14.5 Å². The third kappa shape index (κ3) is 4.12. The van der Waals surface area contributed by atoms with E-state index in [0.29, 0.717) is 17.3 Å². The normalized spacial score (nSPS) is 11.6. The van der Waals surface area contributed by atoms with Crippen molar-refractivity contribution in [2.75, 3.05) is 11.0 Å². The van der Waals surface area contributed by atoms with Crippen LogP contribution in [0.2, 0.25) is 0 Å². The molecule has 1 N–H and O–H groups in total. The Bertz CT molecular complexity index is 1480. The summed E-state index contributed by atoms with van der Waals surface area (Å²) in [5, 5.41) is 0. The number of rotatable bonds is 5. The fraction of sp³-hybridized carbons (Fsp3) is 0.100. The van der Waals surface area contributed by atoms with Gasteiger partial charge < -0.3 is 9.30 Å². The van der Waals surface area contributed by atoms with E-state index >= 15 is 0 Å². The predicted molar refractivity (Wildman–Crippen MR) is 111 cm³/mol. The maximum Gasteiger partial charge on any atom is 0.276 e. The summed E-state index contributed by atoms with van der Waals surface area (Å²) >= 11 is 0. The number of benzene rings is 2. The summed E-state index contributed by atoms with van der Waals surface area (Å²) in [6, 6.07) is 7.25. The maximum atomic E-state index is 14.2. The number of imidazole rings is 1. The number of aromatic nitrogens is 3. The number of nitrogens with zero attached hydrogens (tertiary/aromatic N) is 3. The van der Waals surface area contributed by atoms with Crippen molar-refractivity contribution >= 4 is 21.2 Å². The molecule has 0 aliphatic carbocycles. The zero-order chi connectivity index (χ0) is 22.3. The lowest BCUT2D eigenvalue weighted by atomic mass is 10.1. The molecular formula is C20H16F2N4O4S. The number of hydrogen-bond acceptors (Lipinski definition) is 5. The Morgan fingerprint density at radius 1 is 1.10 bits per heavy atom. The van der Waals surface area contributed by atoms with Gasteiger partial charge in [0.05, 0.1) is 24.5 Å². The number of anilines is 1. The van der Waals surface area contributed by atoms with Crippen molar-refractivity contribution in [3.05, 3.63) is 77.1 Å². The highest BCUT2D eigenvalue weighted by Crippen LogP contribution is 2.36. The zero-order valence-electron chi connectivity index (χ0n) is 16.3. The molecule has 2 aromatic carbocycles. The summed E-state index contributed by atoms with van der Waals surface area (Å²) in [6.07, 6.45) is 5.34. The lowest BCUT2D eigenvalue weighted by Crippen LogP contribution is -2.19. The van der Waals surface area contributed by atoms with E-state index in [0.717, 1.165) is 18.4 Å². The van der Waals surface area contributed by atoms with Gasteiger partial charge in [-0.2, -0.15) is 0 Å². The molecule has 0 saturated carbocycles. The first-order valence-electron chi connectivity index (χ1n) is 8.89. The third-order valence-corrected chi connectivity index (χ3v) is 5.03. The fourth-order valence-electron chi connectivity index (χ4n) is 3.10. The number of halogens is 2. The summed E-state index contributed by atoms with van der Waals surface area (Å²) in [6.45, 7) is 0. The van der Waals surface area contributed by atoms with Crippen molar-refractivity contribution in [2.45, 2.75) is 0 Å². The first-order valence-corrected chi connectivity index (χ1v) is 10.8. The first kappa shape index (κ1) is 20.5. The van der Waals surface area contributed by atoms with E-state index in [1.165, 1.54) is 45.9 Å². The van der Waals surface area contributed by atoms with Gasteiger partial charge in [0.2, 0.25) is 10.0 Å². The van der Waals surface area contributed by atoms with Crippen LogP contribution < -0.4 is 15.0 Å². The average molecular weight is 446 g/mol. The van der Waals surface area contributed by atoms with Crippen LogP contribution in [-0.4, -0.2) is 28.6 Å². The van der Waals surface area contributed by atoms with Crippen LogP contribution in [-0.2, 0) is 17.1 Å². The molecule has 0 amide bonds. The molecule has 0 fully saturated rings. The molecule has 0 radical (unpaired) electrons. The minimum Gasteiger partial charge on any atom is -0.454 e. The van der Waals surface area contributed by atoms with Gasteiger partial charge in [-0.15, -0.1) is 0 Å². The molecular weight excluding hydrogens is 430 g/mol. The molecule has 0 spiro atoms. The fourth-order valence-corrected chi connectivity index (χ4v) is 3.66. The summed E-state index contributed by atoms with van der Waals surface area (Å²) in [4.78, 5) is 16.4. The summed E-state index contributed by atoms with van der Waals surface area (Å²) in [7, 11) is -2.02. The van der Waals surface area contributed by atoms with Crippen LogP contribution in [0.5, 0.6) is 11.5 Å². The molecule has 0 saturated heterocycles. The maximum absolute atomic E-state index is 14.2. The number of sulfonamides is 1. The lowest BCUT2D eigenvalue weighted by Gasteiger charge is -2.16. The standard InChI is InChI=1S/C20H16F2N4O4S/c1-25-10-17(26-11-23-9-16(26)20(25)27)14-8-13(24-31(2,28)29)4-6-18(14)30-19-5-3-12(21)7-15(19)22/h3-11,24H,1-2H3. The smallest absolute Gasteiger partial charge is 0.276 e. The van der Waals surface area contributed by atoms with Gasteiger partial charge in [-0.3, -0.25) is 13.9 Å². The highest BCUT2D eigenvalue weighted by Gasteiger charge is 2.17. The molecule has 2 heterocycles. The van der Waals surface area contributed by atoms with E-state index in [-0.39, 0.29) is 28.3 Å². The molecule has 0 aliphatic rings. The van der Waals surface area contributed by atoms with Crippen molar-refractivity contribution in [1.29, 1.82) is 0 Å². The Kier molecular flexibility index (Phi) is 4.97. The molecule has 160 valence electrons. The molecule has 0 unspecified atom stereocenters. The lowest BCUT2D eigenvalue weighted by molar-refractivity contribution is 0.439. The molecule has 0 atom stereocenters. The van der Waals surface area contributed by atoms with Gasteiger partial charge in [-0.25, -0.2) is 22.2 Å². The molecule has 0 bridgehead atoms. The second kappa shape index (κ2) is 7.51. The predicted octanol–water partition coefficient (Wildman–Crippen LogP) is 3.14. The molecule has 4 aromatic rings. The Morgan fingerprint density at radius 3 is 2.55 bits per heavy atom. The topological polar surface area (TPSA) is 94.7 Å². The van der Waals surface area contributed by atoms with Crippen LogP contribution in [0.1, 0.15) is 0 Å². The van der Waals surface area contributed by atoms with Crippen molar-refractivity contribution in [1.82, 2.24) is 14.0 Å². The number of nitrogens with one attached hydrogen (secondary N) is 1. The van der Waals surface area contributed by atoms with E-state index in [4.69, 9.17) is 4.74 Å². The van der Waals surface area contributed by atoms with E-state index in [9.17, 15) is 22.0 Å². The van der Waals surface area contributed by atoms with Gasteiger partial charge in [0, 0.05) is 30.6 Å². The minimum absolute atomic E-state index is 0.151. The van der Waals surface area contributed by atoms with Gasteiger partial charge in [0.25, 0.3) is 5.56 Å². The van der Waals surface area contributed by atoms with Gasteiger partial charge in [0.1, 0.15) is 17.1 Å². The molecule has 2 aromatic heterocycles. The molecule has 31 heavy (non-hydrogen) atoms. The van der Waals surface area contributed by atoms with Crippen molar-refractivity contribution in [2.24, 2.45) is 7.05 Å². The second-order valence-electron chi connectivity index (χ2n) is 6.84. The highest BCUT2D eigenvalue weighted by molar-refractivity contribution is 7.92. The number of aryl methyl sites for hydroxylation is 1. The summed E-state index contributed by atoms with van der Waals surface area (Å²) in [5.41, 5.74) is 0.992. The van der Waals surface area contributed by atoms with E-state index < -0.39 is 21.7 Å². The summed E-state index contributed by atoms with van der Waals surface area (Å²) in [5.74, 6) is -1.73. The van der Waals surface area contributed by atoms with Crippen LogP contribution in [0.25, 0.3) is 16.8 Å². The highest BCUT2D eigenvalue weighted by atomic mass is 32.2. The zero-order valence-corrected chi connectivity index (χ0v) is 17.2. The Hall–Kier alpha value is -3.73. The van der Waals surface area contributed by atoms with E-state index in [2.05, 4.69) is 9.71 Å². The van der Waals surface area contributed by atoms with E-state index in [1.54, 1.807) is 7.05 Å². The largest absolute Gasteiger partial charge is 0.454 e. The van der Waals surface area contributed by atoms with Crippen molar-refractivity contribution in [3.63, 3.8) is 0 Å². The van der Waals surface area contributed by atoms with Gasteiger partial charge in [-0.1, -0.05) is 0 Å². The van der Waals surface area contributed by atoms with Crippen LogP contribution >= 0.6 is 0 Å². The number of fused-ring (bicyclic) bond motifs is 1. The van der Waals surface area contributed by atoms with Gasteiger partial charge in [-0.05, 0) is 30.3 Å². The second-order valence-corrected chi connectivity index (χ2v) is 8.59. The van der Waals surface area contributed by atoms with Crippen LogP contribution in [0.15, 0.2) is 59.9 Å². The number of hydrogen-bond donors (Lipinski definition) is 1. The molecule has 8 nitrogen and oxygen atoms in total. The van der Waals surface area contributed by atoms with Gasteiger partial charge in [0.15, 0.2) is 11.6 Å². The van der Waals surface area contributed by atoms with Crippen molar-refractivity contribution in [3.8, 4) is 22.8 Å². The van der Waals surface area contributed by atoms with Crippen LogP contribution in [0, 0.1) is 11.6 Å². The Labute approximate surface area is 175 Å². The number of ether oxygens (including phenoxy) is 1. The quantitative estimate of drug-likeness (QED) is 0.508. The Balaban J connectivity index is 1.94. The monoisotopic (exact) mass is 446 g/mol. The van der Waals surface area contributed by atoms with Gasteiger partial charge >= 0.3 is 0 Å². The van der Waals surface area contributed by atoms with E-state index in [1.807, 2.05) is 0 Å². The van der Waals surface area contributed by atoms with Crippen molar-refractivity contribution < 1.29 is 21.9 Å². The third-order valence-electron chi connectivity index (χ3n) is 4.43. The first-order chi connectivity index (χ1) is 14.6.